The van der Waals surface area contributed by atoms with E-state index < -0.39 is 0 Å². The standard InChI is InChI=1S/C14H19NO2/c1-2-12(8-10-15)9-11-17-14(16)13-6-4-3-5-7-13/h3-7,9,11-12H,2,8,10,15H2,1H3. The van der Waals surface area contributed by atoms with Gasteiger partial charge in [-0.05, 0) is 43.5 Å². The largest absolute Gasteiger partial charge is 0.431 e. The second kappa shape index (κ2) is 7.63. The van der Waals surface area contributed by atoms with Gasteiger partial charge in [0.25, 0.3) is 0 Å². The Morgan fingerprint density at radius 1 is 1.41 bits per heavy atom. The van der Waals surface area contributed by atoms with Crippen molar-refractivity contribution in [3.63, 3.8) is 0 Å². The van der Waals surface area contributed by atoms with Crippen LogP contribution in [0.5, 0.6) is 0 Å². The van der Waals surface area contributed by atoms with Gasteiger partial charge in [0, 0.05) is 0 Å². The molecule has 0 saturated heterocycles. The Kier molecular flexibility index (Phi) is 6.04. The van der Waals surface area contributed by atoms with Crippen LogP contribution in [0, 0.1) is 5.92 Å². The summed E-state index contributed by atoms with van der Waals surface area (Å²) in [6.07, 6.45) is 5.28. The van der Waals surface area contributed by atoms with E-state index in [1.54, 1.807) is 12.1 Å². The van der Waals surface area contributed by atoms with Gasteiger partial charge in [0.15, 0.2) is 0 Å². The lowest BCUT2D eigenvalue weighted by Crippen LogP contribution is -2.06. The summed E-state index contributed by atoms with van der Waals surface area (Å²) < 4.78 is 5.05. The van der Waals surface area contributed by atoms with Gasteiger partial charge >= 0.3 is 5.97 Å². The monoisotopic (exact) mass is 233 g/mol. The minimum atomic E-state index is -0.329. The molecular weight excluding hydrogens is 214 g/mol. The van der Waals surface area contributed by atoms with Crippen LogP contribution in [-0.4, -0.2) is 12.5 Å². The SMILES string of the molecule is CCC(C=COC(=O)c1ccccc1)CCN. The van der Waals surface area contributed by atoms with Crippen molar-refractivity contribution in [1.29, 1.82) is 0 Å². The predicted molar refractivity (Wildman–Crippen MR) is 68.4 cm³/mol. The van der Waals surface area contributed by atoms with E-state index >= 15 is 0 Å². The molecule has 1 atom stereocenters. The van der Waals surface area contributed by atoms with E-state index in [2.05, 4.69) is 6.92 Å². The average molecular weight is 233 g/mol. The Labute approximate surface area is 102 Å². The normalized spacial score (nSPS) is 12.6. The van der Waals surface area contributed by atoms with Gasteiger partial charge in [0.2, 0.25) is 0 Å². The second-order valence-electron chi connectivity index (χ2n) is 3.85. The molecule has 17 heavy (non-hydrogen) atoms. The first-order valence-corrected chi connectivity index (χ1v) is 5.90. The molecule has 92 valence electrons. The first-order chi connectivity index (χ1) is 8.27. The molecule has 0 amide bonds. The van der Waals surface area contributed by atoms with Crippen molar-refractivity contribution in [2.24, 2.45) is 11.7 Å². The van der Waals surface area contributed by atoms with Crippen molar-refractivity contribution in [2.45, 2.75) is 19.8 Å². The molecule has 0 spiro atoms. The Morgan fingerprint density at radius 2 is 2.12 bits per heavy atom. The number of benzene rings is 1. The number of allylic oxidation sites excluding steroid dienone is 1. The Bertz CT molecular complexity index is 360. The molecular formula is C14H19NO2. The summed E-state index contributed by atoms with van der Waals surface area (Å²) in [5, 5.41) is 0. The number of nitrogens with two attached hydrogens (primary N) is 1. The van der Waals surface area contributed by atoms with Crippen LogP contribution < -0.4 is 5.73 Å². The minimum Gasteiger partial charge on any atom is -0.431 e. The number of esters is 1. The van der Waals surface area contributed by atoms with E-state index in [0.29, 0.717) is 18.0 Å². The third-order valence-corrected chi connectivity index (χ3v) is 2.60. The average Bonchev–Trinajstić information content (AvgIpc) is 2.38. The molecule has 1 unspecified atom stereocenters. The lowest BCUT2D eigenvalue weighted by Gasteiger charge is -2.07. The van der Waals surface area contributed by atoms with Crippen LogP contribution >= 0.6 is 0 Å². The van der Waals surface area contributed by atoms with Crippen LogP contribution in [0.2, 0.25) is 0 Å². The molecule has 0 aliphatic rings. The minimum absolute atomic E-state index is 0.329. The van der Waals surface area contributed by atoms with E-state index in [1.807, 2.05) is 24.3 Å². The molecule has 1 aromatic carbocycles. The van der Waals surface area contributed by atoms with Crippen LogP contribution in [0.1, 0.15) is 30.1 Å². The van der Waals surface area contributed by atoms with Crippen molar-refractivity contribution in [3.05, 3.63) is 48.2 Å². The highest BCUT2D eigenvalue weighted by Crippen LogP contribution is 2.09. The molecule has 3 heteroatoms. The van der Waals surface area contributed by atoms with E-state index in [1.165, 1.54) is 6.26 Å². The lowest BCUT2D eigenvalue weighted by molar-refractivity contribution is 0.0661. The van der Waals surface area contributed by atoms with Crippen LogP contribution in [0.25, 0.3) is 0 Å². The maximum absolute atomic E-state index is 11.6. The Hall–Kier alpha value is -1.61. The van der Waals surface area contributed by atoms with Crippen molar-refractivity contribution in [2.75, 3.05) is 6.54 Å². The predicted octanol–water partition coefficient (Wildman–Crippen LogP) is 2.73. The Morgan fingerprint density at radius 3 is 2.71 bits per heavy atom. The highest BCUT2D eigenvalue weighted by Gasteiger charge is 2.04. The highest BCUT2D eigenvalue weighted by atomic mass is 16.5. The van der Waals surface area contributed by atoms with Gasteiger partial charge in [-0.25, -0.2) is 4.79 Å². The zero-order valence-electron chi connectivity index (χ0n) is 10.1. The number of hydrogen-bond donors (Lipinski definition) is 1. The second-order valence-corrected chi connectivity index (χ2v) is 3.85. The van der Waals surface area contributed by atoms with Crippen LogP contribution in [0.3, 0.4) is 0 Å². The van der Waals surface area contributed by atoms with Crippen LogP contribution in [0.15, 0.2) is 42.7 Å². The fraction of sp³-hybridized carbons (Fsp3) is 0.357. The Balaban J connectivity index is 2.45. The van der Waals surface area contributed by atoms with Gasteiger partial charge in [-0.1, -0.05) is 25.1 Å². The molecule has 0 radical (unpaired) electrons. The van der Waals surface area contributed by atoms with Crippen molar-refractivity contribution in [3.8, 4) is 0 Å². The fourth-order valence-electron chi connectivity index (χ4n) is 1.50. The molecule has 0 heterocycles. The van der Waals surface area contributed by atoms with Gasteiger partial charge in [0.1, 0.15) is 0 Å². The van der Waals surface area contributed by atoms with Gasteiger partial charge in [0.05, 0.1) is 11.8 Å². The zero-order valence-corrected chi connectivity index (χ0v) is 10.1. The number of ether oxygens (including phenoxy) is 1. The quantitative estimate of drug-likeness (QED) is 0.607. The first-order valence-electron chi connectivity index (χ1n) is 5.90. The van der Waals surface area contributed by atoms with Gasteiger partial charge in [-0.3, -0.25) is 0 Å². The summed E-state index contributed by atoms with van der Waals surface area (Å²) in [7, 11) is 0. The molecule has 0 aliphatic carbocycles. The van der Waals surface area contributed by atoms with Crippen LogP contribution in [0.4, 0.5) is 0 Å². The molecule has 1 aromatic rings. The molecule has 0 aliphatic heterocycles. The maximum atomic E-state index is 11.6. The molecule has 1 rings (SSSR count). The molecule has 0 saturated carbocycles. The van der Waals surface area contributed by atoms with Crippen molar-refractivity contribution in [1.82, 2.24) is 0 Å². The summed E-state index contributed by atoms with van der Waals surface area (Å²) in [4.78, 5) is 11.6. The number of carbonyl (C=O) groups excluding carboxylic acids is 1. The number of carbonyl (C=O) groups is 1. The topological polar surface area (TPSA) is 52.3 Å². The van der Waals surface area contributed by atoms with Crippen molar-refractivity contribution < 1.29 is 9.53 Å². The van der Waals surface area contributed by atoms with E-state index in [0.717, 1.165) is 12.8 Å². The molecule has 3 nitrogen and oxygen atoms in total. The smallest absolute Gasteiger partial charge is 0.342 e. The molecule has 0 fully saturated rings. The summed E-state index contributed by atoms with van der Waals surface area (Å²) in [5.74, 6) is 0.0491. The molecule has 0 bridgehead atoms. The number of rotatable bonds is 6. The third kappa shape index (κ3) is 4.83. The van der Waals surface area contributed by atoms with E-state index in [-0.39, 0.29) is 5.97 Å². The van der Waals surface area contributed by atoms with Gasteiger partial charge < -0.3 is 10.5 Å². The maximum Gasteiger partial charge on any atom is 0.342 e. The zero-order chi connectivity index (χ0) is 12.5. The lowest BCUT2D eigenvalue weighted by atomic mass is 10.0. The summed E-state index contributed by atoms with van der Waals surface area (Å²) >= 11 is 0. The van der Waals surface area contributed by atoms with E-state index in [4.69, 9.17) is 10.5 Å². The number of hydrogen-bond acceptors (Lipinski definition) is 3. The van der Waals surface area contributed by atoms with Gasteiger partial charge in [-0.2, -0.15) is 0 Å². The third-order valence-electron chi connectivity index (χ3n) is 2.60. The van der Waals surface area contributed by atoms with Crippen molar-refractivity contribution >= 4 is 5.97 Å². The molecule has 2 N–H and O–H groups in total. The molecule has 0 aromatic heterocycles. The summed E-state index contributed by atoms with van der Waals surface area (Å²) in [6.45, 7) is 2.74. The van der Waals surface area contributed by atoms with Gasteiger partial charge in [-0.15, -0.1) is 0 Å². The van der Waals surface area contributed by atoms with E-state index in [9.17, 15) is 4.79 Å². The highest BCUT2D eigenvalue weighted by molar-refractivity contribution is 5.89. The fourth-order valence-corrected chi connectivity index (χ4v) is 1.50. The van der Waals surface area contributed by atoms with Crippen LogP contribution in [-0.2, 0) is 4.74 Å². The first kappa shape index (κ1) is 13.5. The summed E-state index contributed by atoms with van der Waals surface area (Å²) in [5.41, 5.74) is 6.05. The summed E-state index contributed by atoms with van der Waals surface area (Å²) in [6, 6.07) is 8.94.